The standard InChI is InChI=1S/C20H25NO2/c1-5-17-8-10-18(11-9-17)23-13-20(22)21-16(4)19-12-14(2)6-7-15(19)3/h6-12,16H,5,13H2,1-4H3,(H,21,22). The van der Waals surface area contributed by atoms with Crippen LogP contribution in [0.3, 0.4) is 0 Å². The molecular formula is C20H25NO2. The van der Waals surface area contributed by atoms with Crippen molar-refractivity contribution in [2.45, 2.75) is 40.2 Å². The Hall–Kier alpha value is -2.29. The van der Waals surface area contributed by atoms with Crippen molar-refractivity contribution in [2.75, 3.05) is 6.61 Å². The summed E-state index contributed by atoms with van der Waals surface area (Å²) in [5.74, 6) is 0.606. The molecule has 0 aliphatic carbocycles. The predicted molar refractivity (Wildman–Crippen MR) is 93.8 cm³/mol. The molecule has 2 aromatic rings. The topological polar surface area (TPSA) is 38.3 Å². The van der Waals surface area contributed by atoms with Gasteiger partial charge in [-0.2, -0.15) is 0 Å². The number of hydrogen-bond acceptors (Lipinski definition) is 2. The van der Waals surface area contributed by atoms with Gasteiger partial charge in [0.05, 0.1) is 6.04 Å². The molecule has 2 aromatic carbocycles. The van der Waals surface area contributed by atoms with E-state index in [1.165, 1.54) is 16.7 Å². The van der Waals surface area contributed by atoms with Crippen LogP contribution in [0.25, 0.3) is 0 Å². The van der Waals surface area contributed by atoms with E-state index in [0.717, 1.165) is 17.7 Å². The summed E-state index contributed by atoms with van der Waals surface area (Å²) in [6, 6.07) is 14.1. The Labute approximate surface area is 138 Å². The zero-order chi connectivity index (χ0) is 16.8. The number of benzene rings is 2. The van der Waals surface area contributed by atoms with Crippen LogP contribution in [0, 0.1) is 13.8 Å². The van der Waals surface area contributed by atoms with Crippen molar-refractivity contribution in [3.8, 4) is 5.75 Å². The summed E-state index contributed by atoms with van der Waals surface area (Å²) in [4.78, 5) is 12.1. The zero-order valence-corrected chi connectivity index (χ0v) is 14.3. The van der Waals surface area contributed by atoms with Gasteiger partial charge in [0.2, 0.25) is 0 Å². The van der Waals surface area contributed by atoms with Gasteiger partial charge in [0.25, 0.3) is 5.91 Å². The highest BCUT2D eigenvalue weighted by molar-refractivity contribution is 5.78. The Morgan fingerprint density at radius 2 is 1.83 bits per heavy atom. The number of carbonyl (C=O) groups excluding carboxylic acids is 1. The lowest BCUT2D eigenvalue weighted by molar-refractivity contribution is -0.123. The van der Waals surface area contributed by atoms with Gasteiger partial charge in [0.1, 0.15) is 5.75 Å². The fourth-order valence-corrected chi connectivity index (χ4v) is 2.56. The smallest absolute Gasteiger partial charge is 0.258 e. The van der Waals surface area contributed by atoms with Crippen molar-refractivity contribution in [3.63, 3.8) is 0 Å². The molecule has 1 amide bonds. The Morgan fingerprint density at radius 3 is 2.48 bits per heavy atom. The maximum atomic E-state index is 12.1. The highest BCUT2D eigenvalue weighted by Crippen LogP contribution is 2.19. The van der Waals surface area contributed by atoms with E-state index in [-0.39, 0.29) is 18.6 Å². The van der Waals surface area contributed by atoms with E-state index in [4.69, 9.17) is 4.74 Å². The average Bonchev–Trinajstić information content (AvgIpc) is 2.55. The Bertz CT molecular complexity index is 662. The van der Waals surface area contributed by atoms with Crippen LogP contribution >= 0.6 is 0 Å². The van der Waals surface area contributed by atoms with Crippen LogP contribution in [-0.2, 0) is 11.2 Å². The quantitative estimate of drug-likeness (QED) is 0.871. The summed E-state index contributed by atoms with van der Waals surface area (Å²) in [5, 5.41) is 2.99. The Kier molecular flexibility index (Phi) is 5.80. The van der Waals surface area contributed by atoms with Crippen molar-refractivity contribution < 1.29 is 9.53 Å². The van der Waals surface area contributed by atoms with E-state index >= 15 is 0 Å². The number of carbonyl (C=O) groups is 1. The molecule has 3 heteroatoms. The molecular weight excluding hydrogens is 286 g/mol. The molecule has 23 heavy (non-hydrogen) atoms. The minimum atomic E-state index is -0.113. The third-order valence-corrected chi connectivity index (χ3v) is 3.98. The molecule has 0 fully saturated rings. The van der Waals surface area contributed by atoms with Gasteiger partial charge >= 0.3 is 0 Å². The number of hydrogen-bond donors (Lipinski definition) is 1. The van der Waals surface area contributed by atoms with Gasteiger partial charge in [0, 0.05) is 0 Å². The van der Waals surface area contributed by atoms with E-state index in [2.05, 4.69) is 44.3 Å². The summed E-state index contributed by atoms with van der Waals surface area (Å²) < 4.78 is 5.55. The molecule has 0 aromatic heterocycles. The second-order valence-electron chi connectivity index (χ2n) is 5.94. The summed E-state index contributed by atoms with van der Waals surface area (Å²) in [6.07, 6.45) is 0.994. The number of nitrogens with one attached hydrogen (secondary N) is 1. The van der Waals surface area contributed by atoms with Gasteiger partial charge < -0.3 is 10.1 Å². The van der Waals surface area contributed by atoms with E-state index in [1.54, 1.807) is 0 Å². The van der Waals surface area contributed by atoms with Gasteiger partial charge in [-0.05, 0) is 56.0 Å². The minimum Gasteiger partial charge on any atom is -0.484 e. The minimum absolute atomic E-state index is 0.0284. The maximum absolute atomic E-state index is 12.1. The van der Waals surface area contributed by atoms with Crippen molar-refractivity contribution in [1.29, 1.82) is 0 Å². The largest absolute Gasteiger partial charge is 0.484 e. The summed E-state index contributed by atoms with van der Waals surface area (Å²) in [7, 11) is 0. The summed E-state index contributed by atoms with van der Waals surface area (Å²) in [5.41, 5.74) is 4.77. The average molecular weight is 311 g/mol. The van der Waals surface area contributed by atoms with Gasteiger partial charge in [-0.1, -0.05) is 42.8 Å². The molecule has 2 rings (SSSR count). The lowest BCUT2D eigenvalue weighted by atomic mass is 10.00. The third-order valence-electron chi connectivity index (χ3n) is 3.98. The normalized spacial score (nSPS) is 11.8. The molecule has 0 aliphatic rings. The van der Waals surface area contributed by atoms with Gasteiger partial charge in [0.15, 0.2) is 6.61 Å². The first-order valence-electron chi connectivity index (χ1n) is 8.08. The van der Waals surface area contributed by atoms with E-state index < -0.39 is 0 Å². The van der Waals surface area contributed by atoms with Gasteiger partial charge in [-0.25, -0.2) is 0 Å². The van der Waals surface area contributed by atoms with Crippen molar-refractivity contribution in [2.24, 2.45) is 0 Å². The van der Waals surface area contributed by atoms with Crippen LogP contribution in [0.15, 0.2) is 42.5 Å². The lowest BCUT2D eigenvalue weighted by Gasteiger charge is -2.17. The first-order valence-corrected chi connectivity index (χ1v) is 8.08. The van der Waals surface area contributed by atoms with Gasteiger partial charge in [-0.3, -0.25) is 4.79 Å². The van der Waals surface area contributed by atoms with Crippen LogP contribution in [0.1, 0.15) is 42.1 Å². The molecule has 0 saturated carbocycles. The number of rotatable bonds is 6. The second kappa shape index (κ2) is 7.82. The number of aryl methyl sites for hydroxylation is 3. The van der Waals surface area contributed by atoms with Crippen LogP contribution in [0.2, 0.25) is 0 Å². The fraction of sp³-hybridized carbons (Fsp3) is 0.350. The highest BCUT2D eigenvalue weighted by atomic mass is 16.5. The van der Waals surface area contributed by atoms with Crippen molar-refractivity contribution in [1.82, 2.24) is 5.32 Å². The summed E-state index contributed by atoms with van der Waals surface area (Å²) in [6.45, 7) is 8.25. The first kappa shape index (κ1) is 17.1. The molecule has 0 saturated heterocycles. The second-order valence-corrected chi connectivity index (χ2v) is 5.94. The molecule has 0 radical (unpaired) electrons. The zero-order valence-electron chi connectivity index (χ0n) is 14.3. The van der Waals surface area contributed by atoms with E-state index in [0.29, 0.717) is 0 Å². The molecule has 0 aliphatic heterocycles. The van der Waals surface area contributed by atoms with Crippen molar-refractivity contribution >= 4 is 5.91 Å². The van der Waals surface area contributed by atoms with Crippen LogP contribution in [0.4, 0.5) is 0 Å². The molecule has 1 unspecified atom stereocenters. The SMILES string of the molecule is CCc1ccc(OCC(=O)NC(C)c2cc(C)ccc2C)cc1. The third kappa shape index (κ3) is 4.85. The predicted octanol–water partition coefficient (Wildman–Crippen LogP) is 4.12. The van der Waals surface area contributed by atoms with E-state index in [1.807, 2.05) is 31.2 Å². The number of amides is 1. The Balaban J connectivity index is 1.89. The van der Waals surface area contributed by atoms with Crippen LogP contribution in [0.5, 0.6) is 5.75 Å². The van der Waals surface area contributed by atoms with E-state index in [9.17, 15) is 4.79 Å². The molecule has 0 spiro atoms. The molecule has 3 nitrogen and oxygen atoms in total. The monoisotopic (exact) mass is 311 g/mol. The fourth-order valence-electron chi connectivity index (χ4n) is 2.56. The molecule has 1 N–H and O–H groups in total. The molecule has 122 valence electrons. The lowest BCUT2D eigenvalue weighted by Crippen LogP contribution is -2.31. The van der Waals surface area contributed by atoms with Crippen LogP contribution < -0.4 is 10.1 Å². The maximum Gasteiger partial charge on any atom is 0.258 e. The molecule has 1 atom stereocenters. The highest BCUT2D eigenvalue weighted by Gasteiger charge is 2.12. The summed E-state index contributed by atoms with van der Waals surface area (Å²) >= 11 is 0. The first-order chi connectivity index (χ1) is 11.0. The number of ether oxygens (including phenoxy) is 1. The Morgan fingerprint density at radius 1 is 1.13 bits per heavy atom. The molecule has 0 heterocycles. The van der Waals surface area contributed by atoms with Crippen LogP contribution in [-0.4, -0.2) is 12.5 Å². The van der Waals surface area contributed by atoms with Crippen molar-refractivity contribution in [3.05, 3.63) is 64.7 Å². The molecule has 0 bridgehead atoms. The van der Waals surface area contributed by atoms with Gasteiger partial charge in [-0.15, -0.1) is 0 Å².